The number of fused-ring (bicyclic) bond motifs is 1. The van der Waals surface area contributed by atoms with Gasteiger partial charge in [-0.2, -0.15) is 0 Å². The lowest BCUT2D eigenvalue weighted by Gasteiger charge is -2.19. The number of carbonyl (C=O) groups is 2. The number of benzene rings is 2. The van der Waals surface area contributed by atoms with Crippen LogP contribution in [0, 0.1) is 0 Å². The average molecular weight is 307 g/mol. The number of carbonyl (C=O) groups excluding carboxylic acids is 2. The quantitative estimate of drug-likeness (QED) is 0.369. The van der Waals surface area contributed by atoms with Crippen LogP contribution in [0.2, 0.25) is 0 Å². The van der Waals surface area contributed by atoms with Gasteiger partial charge in [0, 0.05) is 5.39 Å². The van der Waals surface area contributed by atoms with Gasteiger partial charge in [0.25, 0.3) is 0 Å². The van der Waals surface area contributed by atoms with Gasteiger partial charge in [-0.25, -0.2) is 4.79 Å². The van der Waals surface area contributed by atoms with E-state index >= 15 is 0 Å². The number of ether oxygens (including phenoxy) is 2. The summed E-state index contributed by atoms with van der Waals surface area (Å²) in [6.07, 6.45) is 0.397. The highest BCUT2D eigenvalue weighted by molar-refractivity contribution is 6.42. The van der Waals surface area contributed by atoms with Crippen molar-refractivity contribution < 1.29 is 19.1 Å². The van der Waals surface area contributed by atoms with Crippen molar-refractivity contribution in [1.82, 2.24) is 0 Å². The maximum atomic E-state index is 11.9. The van der Waals surface area contributed by atoms with Crippen molar-refractivity contribution >= 4 is 34.6 Å². The first-order valence-electron chi connectivity index (χ1n) is 6.46. The van der Waals surface area contributed by atoms with Crippen LogP contribution < -0.4 is 4.74 Å². The van der Waals surface area contributed by atoms with Crippen LogP contribution in [0.3, 0.4) is 0 Å². The Bertz CT molecular complexity index is 683. The minimum atomic E-state index is -1.83. The summed E-state index contributed by atoms with van der Waals surface area (Å²) in [6, 6.07) is 10.6. The zero-order chi connectivity index (χ0) is 15.5. The lowest BCUT2D eigenvalue weighted by Crippen LogP contribution is -2.33. The largest absolute Gasteiger partial charge is 0.496 e. The lowest BCUT2D eigenvalue weighted by molar-refractivity contribution is -0.147. The van der Waals surface area contributed by atoms with Crippen molar-refractivity contribution in [2.75, 3.05) is 13.7 Å². The van der Waals surface area contributed by atoms with Crippen LogP contribution in [0.25, 0.3) is 10.8 Å². The summed E-state index contributed by atoms with van der Waals surface area (Å²) in [7, 11) is 1.58. The van der Waals surface area contributed by atoms with Gasteiger partial charge >= 0.3 is 5.97 Å². The molecule has 110 valence electrons. The number of halogens is 1. The van der Waals surface area contributed by atoms with Gasteiger partial charge in [-0.05, 0) is 30.0 Å². The van der Waals surface area contributed by atoms with Crippen molar-refractivity contribution in [2.24, 2.45) is 0 Å². The summed E-state index contributed by atoms with van der Waals surface area (Å²) in [6.45, 7) is 1.81. The first-order chi connectivity index (χ1) is 10.1. The molecule has 2 aromatic rings. The van der Waals surface area contributed by atoms with Crippen molar-refractivity contribution in [1.29, 1.82) is 0 Å². The topological polar surface area (TPSA) is 52.6 Å². The van der Waals surface area contributed by atoms with E-state index in [1.807, 2.05) is 18.2 Å². The Morgan fingerprint density at radius 2 is 2.10 bits per heavy atom. The molecular weight excluding hydrogens is 292 g/mol. The molecule has 0 aromatic heterocycles. The third-order valence-electron chi connectivity index (χ3n) is 3.22. The van der Waals surface area contributed by atoms with Crippen LogP contribution in [0.5, 0.6) is 5.75 Å². The van der Waals surface area contributed by atoms with E-state index in [1.165, 1.54) is 0 Å². The van der Waals surface area contributed by atoms with E-state index in [4.69, 9.17) is 21.1 Å². The van der Waals surface area contributed by atoms with Crippen molar-refractivity contribution in [3.05, 3.63) is 42.0 Å². The number of esters is 1. The Labute approximate surface area is 127 Å². The highest BCUT2D eigenvalue weighted by Crippen LogP contribution is 2.33. The van der Waals surface area contributed by atoms with Crippen molar-refractivity contribution in [3.8, 4) is 5.75 Å². The SMILES string of the molecule is CCOC(=O)C(Cl)(C=O)c1ccc2c(OC)cccc2c1. The molecule has 0 amide bonds. The van der Waals surface area contributed by atoms with E-state index < -0.39 is 10.8 Å². The number of hydrogen-bond donors (Lipinski definition) is 0. The Hall–Kier alpha value is -2.07. The predicted octanol–water partition coefficient (Wildman–Crippen LogP) is 3.04. The van der Waals surface area contributed by atoms with E-state index in [-0.39, 0.29) is 6.61 Å². The molecular formula is C16H15ClO4. The van der Waals surface area contributed by atoms with Crippen LogP contribution in [0.4, 0.5) is 0 Å². The summed E-state index contributed by atoms with van der Waals surface area (Å²) in [5.74, 6) is -0.0645. The van der Waals surface area contributed by atoms with E-state index in [0.717, 1.165) is 10.8 Å². The molecule has 0 aliphatic rings. The second-order valence-corrected chi connectivity index (χ2v) is 5.04. The minimum Gasteiger partial charge on any atom is -0.496 e. The molecule has 5 heteroatoms. The molecule has 0 aliphatic carbocycles. The van der Waals surface area contributed by atoms with Gasteiger partial charge in [-0.1, -0.05) is 35.9 Å². The maximum Gasteiger partial charge on any atom is 0.339 e. The van der Waals surface area contributed by atoms with Crippen molar-refractivity contribution in [3.63, 3.8) is 0 Å². The third-order valence-corrected chi connectivity index (χ3v) is 3.68. The minimum absolute atomic E-state index is 0.155. The monoisotopic (exact) mass is 306 g/mol. The number of aldehydes is 1. The lowest BCUT2D eigenvalue weighted by atomic mass is 9.96. The molecule has 4 nitrogen and oxygen atoms in total. The molecule has 2 rings (SSSR count). The highest BCUT2D eigenvalue weighted by Gasteiger charge is 2.40. The smallest absolute Gasteiger partial charge is 0.339 e. The zero-order valence-corrected chi connectivity index (χ0v) is 12.5. The molecule has 0 bridgehead atoms. The third kappa shape index (κ3) is 2.72. The van der Waals surface area contributed by atoms with E-state index in [9.17, 15) is 9.59 Å². The van der Waals surface area contributed by atoms with Gasteiger partial charge in [0.05, 0.1) is 13.7 Å². The van der Waals surface area contributed by atoms with Crippen LogP contribution in [0.1, 0.15) is 12.5 Å². The molecule has 0 saturated carbocycles. The first kappa shape index (κ1) is 15.3. The Kier molecular flexibility index (Phi) is 4.48. The van der Waals surface area contributed by atoms with E-state index in [2.05, 4.69) is 0 Å². The summed E-state index contributed by atoms with van der Waals surface area (Å²) in [5, 5.41) is 1.69. The fraction of sp³-hybridized carbons (Fsp3) is 0.250. The summed E-state index contributed by atoms with van der Waals surface area (Å²) in [4.78, 5) is 21.5. The van der Waals surface area contributed by atoms with E-state index in [0.29, 0.717) is 17.6 Å². The zero-order valence-electron chi connectivity index (χ0n) is 11.8. The maximum absolute atomic E-state index is 11.9. The predicted molar refractivity (Wildman–Crippen MR) is 80.7 cm³/mol. The molecule has 1 atom stereocenters. The number of rotatable bonds is 5. The molecule has 21 heavy (non-hydrogen) atoms. The molecule has 0 radical (unpaired) electrons. The van der Waals surface area contributed by atoms with Gasteiger partial charge in [0.2, 0.25) is 4.87 Å². The summed E-state index contributed by atoms with van der Waals surface area (Å²) >= 11 is 6.18. The molecule has 0 N–H and O–H groups in total. The molecule has 0 heterocycles. The van der Waals surface area contributed by atoms with Gasteiger partial charge in [0.1, 0.15) is 5.75 Å². The fourth-order valence-corrected chi connectivity index (χ4v) is 2.30. The molecule has 0 fully saturated rings. The molecule has 2 aromatic carbocycles. The molecule has 1 unspecified atom stereocenters. The first-order valence-corrected chi connectivity index (χ1v) is 6.84. The second-order valence-electron chi connectivity index (χ2n) is 4.45. The van der Waals surface area contributed by atoms with Gasteiger partial charge in [0.15, 0.2) is 6.29 Å². The van der Waals surface area contributed by atoms with Crippen LogP contribution in [0.15, 0.2) is 36.4 Å². The van der Waals surface area contributed by atoms with Gasteiger partial charge < -0.3 is 14.3 Å². The Morgan fingerprint density at radius 1 is 1.33 bits per heavy atom. The second kappa shape index (κ2) is 6.14. The number of methoxy groups -OCH3 is 1. The highest BCUT2D eigenvalue weighted by atomic mass is 35.5. The molecule has 0 spiro atoms. The summed E-state index contributed by atoms with van der Waals surface area (Å²) in [5.41, 5.74) is 0.373. The number of hydrogen-bond acceptors (Lipinski definition) is 4. The van der Waals surface area contributed by atoms with Crippen LogP contribution in [-0.4, -0.2) is 26.0 Å². The Morgan fingerprint density at radius 3 is 2.71 bits per heavy atom. The molecule has 0 aliphatic heterocycles. The molecule has 0 saturated heterocycles. The van der Waals surface area contributed by atoms with Crippen molar-refractivity contribution in [2.45, 2.75) is 11.8 Å². The number of alkyl halides is 1. The van der Waals surface area contributed by atoms with Crippen LogP contribution >= 0.6 is 11.6 Å². The Balaban J connectivity index is 2.56. The average Bonchev–Trinajstić information content (AvgIpc) is 2.53. The summed E-state index contributed by atoms with van der Waals surface area (Å²) < 4.78 is 10.2. The van der Waals surface area contributed by atoms with Crippen LogP contribution in [-0.2, 0) is 19.2 Å². The standard InChI is InChI=1S/C16H15ClO4/c1-3-21-15(19)16(17,10-18)12-7-8-13-11(9-12)5-4-6-14(13)20-2/h4-10H,3H2,1-2H3. The van der Waals surface area contributed by atoms with Gasteiger partial charge in [-0.3, -0.25) is 0 Å². The van der Waals surface area contributed by atoms with E-state index in [1.54, 1.807) is 32.2 Å². The fourth-order valence-electron chi connectivity index (χ4n) is 2.13. The van der Waals surface area contributed by atoms with Gasteiger partial charge in [-0.15, -0.1) is 0 Å². The normalized spacial score (nSPS) is 13.5.